The van der Waals surface area contributed by atoms with Crippen molar-refractivity contribution in [3.05, 3.63) is 12.3 Å². The molecule has 4 unspecified atom stereocenters. The van der Waals surface area contributed by atoms with E-state index in [9.17, 15) is 28.2 Å². The third kappa shape index (κ3) is 7.02. The maximum atomic E-state index is 14.8. The highest BCUT2D eigenvalue weighted by atomic mass is 32.2. The van der Waals surface area contributed by atoms with Crippen molar-refractivity contribution in [1.82, 2.24) is 31.5 Å². The van der Waals surface area contributed by atoms with Crippen LogP contribution in [-0.2, 0) is 34.8 Å². The van der Waals surface area contributed by atoms with Crippen LogP contribution in [0, 0.1) is 34.5 Å². The van der Waals surface area contributed by atoms with E-state index >= 15 is 0 Å². The topological polar surface area (TPSA) is 166 Å². The van der Waals surface area contributed by atoms with Crippen molar-refractivity contribution in [3.8, 4) is 0 Å². The highest BCUT2D eigenvalue weighted by Gasteiger charge is 2.79. The SMILES string of the molecule is C=C(NC1CC1)C(=O)C12CC1(CC)C1CC[C@H]3CN(C(=O)[C@@H](NC(=O)[C@@H](NC(=O)[C@@H](C)NCS(C)=O)C4CCCCC4)C(C)(C)C)[C@H](C(=O)N2)[C@@H]13. The van der Waals surface area contributed by atoms with Crippen molar-refractivity contribution in [2.24, 2.45) is 34.5 Å². The quantitative estimate of drug-likeness (QED) is 0.170. The van der Waals surface area contributed by atoms with Crippen molar-refractivity contribution < 1.29 is 28.2 Å². The molecule has 4 amide bonds. The summed E-state index contributed by atoms with van der Waals surface area (Å²) in [6.45, 7) is 14.0. The van der Waals surface area contributed by atoms with Crippen molar-refractivity contribution in [1.29, 1.82) is 0 Å². The molecule has 51 heavy (non-hydrogen) atoms. The fraction of sp³-hybridized carbons (Fsp3) is 0.816. The molecule has 0 aromatic heterocycles. The summed E-state index contributed by atoms with van der Waals surface area (Å²) < 4.78 is 11.6. The van der Waals surface area contributed by atoms with E-state index in [1.165, 1.54) is 0 Å². The fourth-order valence-corrected chi connectivity index (χ4v) is 10.7. The second-order valence-electron chi connectivity index (χ2n) is 17.6. The Kier molecular flexibility index (Phi) is 10.6. The summed E-state index contributed by atoms with van der Waals surface area (Å²) >= 11 is 0. The van der Waals surface area contributed by atoms with Crippen LogP contribution in [0.25, 0.3) is 0 Å². The molecule has 0 aromatic carbocycles. The van der Waals surface area contributed by atoms with Crippen molar-refractivity contribution >= 4 is 40.2 Å². The van der Waals surface area contributed by atoms with Crippen molar-refractivity contribution in [2.45, 2.75) is 141 Å². The van der Waals surface area contributed by atoms with Gasteiger partial charge in [-0.2, -0.15) is 0 Å². The number of fused-ring (bicyclic) bond motifs is 2. The first-order valence-electron chi connectivity index (χ1n) is 19.3. The van der Waals surface area contributed by atoms with Gasteiger partial charge < -0.3 is 26.2 Å². The molecule has 13 heteroatoms. The molecule has 2 aliphatic heterocycles. The lowest BCUT2D eigenvalue weighted by Crippen LogP contribution is -2.63. The van der Waals surface area contributed by atoms with Gasteiger partial charge in [-0.15, -0.1) is 0 Å². The number of amides is 4. The summed E-state index contributed by atoms with van der Waals surface area (Å²) in [5, 5.41) is 15.5. The van der Waals surface area contributed by atoms with Crippen LogP contribution < -0.4 is 26.6 Å². The predicted molar refractivity (Wildman–Crippen MR) is 195 cm³/mol. The van der Waals surface area contributed by atoms with Crippen LogP contribution in [-0.4, -0.2) is 92.9 Å². The number of ketones is 1. The standard InChI is InChI=1S/C38H60N6O6S/c1-8-37-19-38(37,31(45)21(2)40-25-15-16-25)43-34(48)29-27-24(14-17-26(27)37)18-44(29)35(49)30(36(4,5)6)42-33(47)28(23-12-10-9-11-13-23)41-32(46)22(3)39-20-51(7)50/h22-30,39-40H,2,8-20H2,1,3-7H3,(H,41,46)(H,42,47)(H,43,48)/t22-,24+,26?,27-,28+,29+,30-,37?,38?,51?/m1/s1. The summed E-state index contributed by atoms with van der Waals surface area (Å²) in [7, 11) is -1.13. The number of carbonyl (C=O) groups is 5. The minimum atomic E-state index is -1.13. The molecule has 0 radical (unpaired) electrons. The van der Waals surface area contributed by atoms with E-state index in [2.05, 4.69) is 40.1 Å². The van der Waals surface area contributed by atoms with E-state index in [0.29, 0.717) is 18.7 Å². The number of carbonyl (C=O) groups excluding carboxylic acids is 5. The van der Waals surface area contributed by atoms with Crippen LogP contribution in [0.2, 0.25) is 0 Å². The van der Waals surface area contributed by atoms with E-state index in [-0.39, 0.29) is 64.5 Å². The number of hydrogen-bond donors (Lipinski definition) is 5. The Morgan fingerprint density at radius 1 is 1.02 bits per heavy atom. The first-order chi connectivity index (χ1) is 24.0. The maximum absolute atomic E-state index is 14.8. The summed E-state index contributed by atoms with van der Waals surface area (Å²) in [5.41, 5.74) is -1.73. The number of likely N-dealkylation sites (tertiary alicyclic amines) is 1. The van der Waals surface area contributed by atoms with Gasteiger partial charge in [-0.05, 0) is 87.4 Å². The number of nitrogens with one attached hydrogen (secondary N) is 5. The fourth-order valence-electron chi connectivity index (χ4n) is 10.3. The number of nitrogens with zero attached hydrogens (tertiary/aromatic N) is 1. The molecule has 0 bridgehead atoms. The smallest absolute Gasteiger partial charge is 0.246 e. The maximum Gasteiger partial charge on any atom is 0.246 e. The molecule has 4 aliphatic carbocycles. The minimum absolute atomic E-state index is 0.0623. The van der Waals surface area contributed by atoms with E-state index in [1.54, 1.807) is 18.1 Å². The largest absolute Gasteiger partial charge is 0.380 e. The third-order valence-corrected chi connectivity index (χ3v) is 13.8. The van der Waals surface area contributed by atoms with E-state index in [1.807, 2.05) is 20.8 Å². The molecule has 6 fully saturated rings. The second-order valence-corrected chi connectivity index (χ2v) is 19.0. The van der Waals surface area contributed by atoms with Gasteiger partial charge in [-0.3, -0.25) is 33.5 Å². The van der Waals surface area contributed by atoms with Gasteiger partial charge in [0, 0.05) is 35.1 Å². The van der Waals surface area contributed by atoms with E-state index in [0.717, 1.165) is 64.2 Å². The zero-order valence-electron chi connectivity index (χ0n) is 31.4. The molecule has 12 nitrogen and oxygen atoms in total. The van der Waals surface area contributed by atoms with Gasteiger partial charge in [0.2, 0.25) is 29.4 Å². The number of rotatable bonds is 14. The summed E-state index contributed by atoms with van der Waals surface area (Å²) in [6.07, 6.45) is 11.3. The van der Waals surface area contributed by atoms with Gasteiger partial charge in [-0.25, -0.2) is 0 Å². The van der Waals surface area contributed by atoms with Crippen LogP contribution in [0.5, 0.6) is 0 Å². The third-order valence-electron chi connectivity index (χ3n) is 13.2. The highest BCUT2D eigenvalue weighted by Crippen LogP contribution is 2.71. The molecule has 5 N–H and O–H groups in total. The molecule has 284 valence electrons. The molecule has 2 heterocycles. The van der Waals surface area contributed by atoms with Gasteiger partial charge in [0.05, 0.1) is 17.6 Å². The first-order valence-corrected chi connectivity index (χ1v) is 21.0. The minimum Gasteiger partial charge on any atom is -0.380 e. The zero-order valence-corrected chi connectivity index (χ0v) is 32.2. The summed E-state index contributed by atoms with van der Waals surface area (Å²) in [5.74, 6) is -1.24. The lowest BCUT2D eigenvalue weighted by molar-refractivity contribution is -0.145. The Balaban J connectivity index is 1.24. The molecule has 0 aromatic rings. The van der Waals surface area contributed by atoms with Crippen molar-refractivity contribution in [2.75, 3.05) is 18.7 Å². The molecule has 6 aliphatic rings. The average molecular weight is 729 g/mol. The second kappa shape index (κ2) is 14.2. The van der Waals surface area contributed by atoms with Crippen LogP contribution in [0.1, 0.15) is 105 Å². The van der Waals surface area contributed by atoms with Crippen molar-refractivity contribution in [3.63, 3.8) is 0 Å². The summed E-state index contributed by atoms with van der Waals surface area (Å²) in [4.78, 5) is 72.5. The highest BCUT2D eigenvalue weighted by molar-refractivity contribution is 7.84. The van der Waals surface area contributed by atoms with Gasteiger partial charge in [-0.1, -0.05) is 53.5 Å². The van der Waals surface area contributed by atoms with E-state index in [4.69, 9.17) is 0 Å². The molecule has 4 saturated carbocycles. The Bertz CT molecular complexity index is 1470. The molecule has 10 atom stereocenters. The molecule has 2 saturated heterocycles. The van der Waals surface area contributed by atoms with E-state index < -0.39 is 51.8 Å². The van der Waals surface area contributed by atoms with Crippen LogP contribution >= 0.6 is 0 Å². The molecule has 6 rings (SSSR count). The average Bonchev–Trinajstić information content (AvgIpc) is 3.94. The number of hydrogen-bond acceptors (Lipinski definition) is 8. The van der Waals surface area contributed by atoms with Crippen LogP contribution in [0.4, 0.5) is 0 Å². The van der Waals surface area contributed by atoms with Gasteiger partial charge in [0.15, 0.2) is 0 Å². The molecular formula is C38H60N6O6S. The summed E-state index contributed by atoms with van der Waals surface area (Å²) in [6, 6.07) is -2.91. The lowest BCUT2D eigenvalue weighted by Gasteiger charge is -2.38. The number of Topliss-reactive ketones (excluding diaryl/α,β-unsaturated/α-hetero) is 1. The Morgan fingerprint density at radius 3 is 2.31 bits per heavy atom. The molecule has 0 spiro atoms. The Hall–Kier alpha value is -2.80. The lowest BCUT2D eigenvalue weighted by atomic mass is 9.73. The van der Waals surface area contributed by atoms with Crippen LogP contribution in [0.15, 0.2) is 12.3 Å². The van der Waals surface area contributed by atoms with Crippen LogP contribution in [0.3, 0.4) is 0 Å². The first kappa shape index (κ1) is 37.9. The van der Waals surface area contributed by atoms with Gasteiger partial charge in [0.1, 0.15) is 23.7 Å². The Morgan fingerprint density at radius 2 is 1.71 bits per heavy atom. The predicted octanol–water partition coefficient (Wildman–Crippen LogP) is 2.25. The van der Waals surface area contributed by atoms with Gasteiger partial charge in [0.25, 0.3) is 0 Å². The Labute approximate surface area is 305 Å². The zero-order chi connectivity index (χ0) is 37.0. The van der Waals surface area contributed by atoms with Gasteiger partial charge >= 0.3 is 0 Å². The monoisotopic (exact) mass is 728 g/mol. The normalized spacial score (nSPS) is 33.8. The molecular weight excluding hydrogens is 669 g/mol.